The number of hydrogen-bond acceptors (Lipinski definition) is 11. The predicted octanol–water partition coefficient (Wildman–Crippen LogP) is 9.17. The number of nitrogens with zero attached hydrogens (tertiary/aromatic N) is 3. The van der Waals surface area contributed by atoms with Crippen LogP contribution in [0.2, 0.25) is 0 Å². The molecular formula is C44H61N4O8PS. The monoisotopic (exact) mass is 836 g/mol. The fourth-order valence-electron chi connectivity index (χ4n) is 9.60. The molecule has 2 aliphatic carbocycles. The standard InChI is InChI=1S/C44H61N4O8PS/c1-5-19-57(52,53)44-24-30(44)14-10-8-6-7-9-13-29(20-41(50)56-31-15-11-12-16-31)42(51)48-26-33(22-38(48)39(49)25-44)55-40-23-36(37-27-58-43(47-37)45-28(2)3)46-35-21-32(54-4)17-18-34(35)40/h17-18,21,23,27-31,33,38H,5-16,19-20,22,24-26H2,1-4H3,(H,45,47)(H,52,53)/t29-,30+,33-,38+,44-/m1/s1. The van der Waals surface area contributed by atoms with Gasteiger partial charge in [-0.15, -0.1) is 11.3 Å². The number of pyridine rings is 1. The van der Waals surface area contributed by atoms with E-state index in [1.54, 1.807) is 12.0 Å². The molecule has 2 saturated heterocycles. The SMILES string of the molecule is CCCP(=O)(O)[C@]12CC(=O)[C@@H]3C[C@@H](Oc4cc(-c5csc(NC(C)C)n5)nc5cc(OC)ccc45)CN3C(=O)[C@@H](CC(=O)OC3CCCC3)CCCCCCC[C@H]1C2. The molecule has 2 N–H and O–H groups in total. The van der Waals surface area contributed by atoms with Crippen molar-refractivity contribution < 1.29 is 38.1 Å². The molecule has 4 aliphatic rings. The summed E-state index contributed by atoms with van der Waals surface area (Å²) in [5.41, 5.74) is 1.95. The Labute approximate surface area is 346 Å². The normalized spacial score (nSPS) is 27.0. The number of hydrogen-bond donors (Lipinski definition) is 2. The lowest BCUT2D eigenvalue weighted by molar-refractivity contribution is -0.154. The summed E-state index contributed by atoms with van der Waals surface area (Å²) in [6.45, 7) is 6.15. The number of Topliss-reactive ketones (excluding diaryl/α,β-unsaturated/α-hetero) is 1. The summed E-state index contributed by atoms with van der Waals surface area (Å²) in [7, 11) is -2.06. The Bertz CT molecular complexity index is 2000. The van der Waals surface area contributed by atoms with E-state index in [1.165, 1.54) is 11.3 Å². The van der Waals surface area contributed by atoms with E-state index in [0.717, 1.165) is 74.7 Å². The van der Waals surface area contributed by atoms with Crippen LogP contribution in [0.4, 0.5) is 5.13 Å². The zero-order valence-electron chi connectivity index (χ0n) is 34.6. The Morgan fingerprint density at radius 2 is 1.76 bits per heavy atom. The van der Waals surface area contributed by atoms with Crippen molar-refractivity contribution in [1.29, 1.82) is 0 Å². The number of fused-ring (bicyclic) bond motifs is 3. The van der Waals surface area contributed by atoms with Gasteiger partial charge in [0.1, 0.15) is 29.4 Å². The molecule has 1 amide bonds. The van der Waals surface area contributed by atoms with Gasteiger partial charge in [-0.2, -0.15) is 0 Å². The first-order valence-electron chi connectivity index (χ1n) is 21.6. The second-order valence-corrected chi connectivity index (χ2v) is 21.0. The van der Waals surface area contributed by atoms with Crippen LogP contribution in [0, 0.1) is 11.8 Å². The van der Waals surface area contributed by atoms with Gasteiger partial charge in [-0.1, -0.05) is 39.0 Å². The summed E-state index contributed by atoms with van der Waals surface area (Å²) < 4.78 is 32.3. The number of ether oxygens (including phenoxy) is 3. The number of methoxy groups -OCH3 is 1. The first kappa shape index (κ1) is 42.6. The average molecular weight is 837 g/mol. The number of amides is 1. The summed E-state index contributed by atoms with van der Waals surface area (Å²) in [5, 5.41) is 5.87. The molecule has 316 valence electrons. The third-order valence-electron chi connectivity index (χ3n) is 12.7. The lowest BCUT2D eigenvalue weighted by atomic mass is 9.94. The molecule has 4 fully saturated rings. The number of esters is 1. The second-order valence-electron chi connectivity index (χ2n) is 17.4. The van der Waals surface area contributed by atoms with Gasteiger partial charge in [-0.3, -0.25) is 18.9 Å². The number of anilines is 1. The van der Waals surface area contributed by atoms with Crippen LogP contribution in [0.3, 0.4) is 0 Å². The van der Waals surface area contributed by atoms with Crippen molar-refractivity contribution in [2.75, 3.05) is 25.1 Å². The zero-order valence-corrected chi connectivity index (χ0v) is 36.3. The van der Waals surface area contributed by atoms with Crippen molar-refractivity contribution in [3.05, 3.63) is 29.6 Å². The van der Waals surface area contributed by atoms with Gasteiger partial charge in [-0.25, -0.2) is 9.97 Å². The van der Waals surface area contributed by atoms with Gasteiger partial charge in [0.2, 0.25) is 13.3 Å². The molecule has 0 spiro atoms. The first-order chi connectivity index (χ1) is 27.9. The van der Waals surface area contributed by atoms with E-state index in [2.05, 4.69) is 19.2 Å². The molecule has 3 aromatic rings. The molecule has 58 heavy (non-hydrogen) atoms. The minimum absolute atomic E-state index is 0.0141. The third-order valence-corrected chi connectivity index (χ3v) is 16.7. The number of carbonyl (C=O) groups excluding carboxylic acids is 3. The van der Waals surface area contributed by atoms with Crippen LogP contribution in [0.1, 0.15) is 124 Å². The summed E-state index contributed by atoms with van der Waals surface area (Å²) in [4.78, 5) is 65.8. The van der Waals surface area contributed by atoms with E-state index in [-0.39, 0.29) is 67.7 Å². The number of aromatic nitrogens is 2. The molecule has 0 bridgehead atoms. The molecule has 2 aromatic heterocycles. The zero-order chi connectivity index (χ0) is 41.0. The van der Waals surface area contributed by atoms with Crippen LogP contribution < -0.4 is 14.8 Å². The number of carbonyl (C=O) groups is 3. The number of rotatable bonds is 12. The van der Waals surface area contributed by atoms with Crippen molar-refractivity contribution >= 4 is 52.4 Å². The Hall–Kier alpha value is -3.54. The largest absolute Gasteiger partial charge is 0.497 e. The third kappa shape index (κ3) is 9.57. The van der Waals surface area contributed by atoms with Crippen molar-refractivity contribution in [2.45, 2.75) is 153 Å². The Morgan fingerprint density at radius 1 is 1.02 bits per heavy atom. The van der Waals surface area contributed by atoms with Crippen LogP contribution >= 0.6 is 18.7 Å². The molecule has 0 radical (unpaired) electrons. The van der Waals surface area contributed by atoms with Gasteiger partial charge < -0.3 is 29.3 Å². The Kier molecular flexibility index (Phi) is 13.5. The van der Waals surface area contributed by atoms with Crippen molar-refractivity contribution in [3.63, 3.8) is 0 Å². The minimum atomic E-state index is -3.66. The molecular weight excluding hydrogens is 776 g/mol. The van der Waals surface area contributed by atoms with E-state index >= 15 is 0 Å². The second kappa shape index (κ2) is 18.4. The van der Waals surface area contributed by atoms with E-state index in [4.69, 9.17) is 24.2 Å². The van der Waals surface area contributed by atoms with E-state index < -0.39 is 30.6 Å². The summed E-state index contributed by atoms with van der Waals surface area (Å²) in [5.74, 6) is -0.257. The molecule has 1 unspecified atom stereocenters. The molecule has 6 atom stereocenters. The molecule has 14 heteroatoms. The maximum atomic E-state index is 14.8. The highest BCUT2D eigenvalue weighted by atomic mass is 32.1. The van der Waals surface area contributed by atoms with Crippen LogP contribution in [0.25, 0.3) is 22.3 Å². The quantitative estimate of drug-likeness (QED) is 0.132. The smallest absolute Gasteiger partial charge is 0.306 e. The van der Waals surface area contributed by atoms with Crippen LogP contribution in [-0.4, -0.2) is 86.7 Å². The molecule has 12 nitrogen and oxygen atoms in total. The highest BCUT2D eigenvalue weighted by Gasteiger charge is 2.65. The number of nitrogens with one attached hydrogen (secondary N) is 1. The van der Waals surface area contributed by atoms with Crippen LogP contribution in [-0.2, 0) is 23.7 Å². The van der Waals surface area contributed by atoms with Crippen molar-refractivity contribution in [2.24, 2.45) is 11.8 Å². The highest BCUT2D eigenvalue weighted by molar-refractivity contribution is 7.60. The summed E-state index contributed by atoms with van der Waals surface area (Å²) >= 11 is 1.49. The summed E-state index contributed by atoms with van der Waals surface area (Å²) in [6, 6.07) is 6.81. The van der Waals surface area contributed by atoms with Crippen molar-refractivity contribution in [1.82, 2.24) is 14.9 Å². The predicted molar refractivity (Wildman–Crippen MR) is 227 cm³/mol. The lowest BCUT2D eigenvalue weighted by Crippen LogP contribution is -2.45. The van der Waals surface area contributed by atoms with Gasteiger partial charge >= 0.3 is 5.97 Å². The lowest BCUT2D eigenvalue weighted by Gasteiger charge is -2.30. The molecule has 7 rings (SSSR count). The maximum absolute atomic E-state index is 14.8. The van der Waals surface area contributed by atoms with Crippen LogP contribution in [0.15, 0.2) is 29.6 Å². The fourth-order valence-corrected chi connectivity index (χ4v) is 13.1. The molecule has 2 aliphatic heterocycles. The minimum Gasteiger partial charge on any atom is -0.497 e. The first-order valence-corrected chi connectivity index (χ1v) is 24.3. The molecule has 4 heterocycles. The number of ketones is 1. The van der Waals surface area contributed by atoms with Gasteiger partial charge in [-0.05, 0) is 83.3 Å². The van der Waals surface area contributed by atoms with Crippen LogP contribution in [0.5, 0.6) is 11.5 Å². The van der Waals surface area contributed by atoms with Gasteiger partial charge in [0.25, 0.3) is 0 Å². The highest BCUT2D eigenvalue weighted by Crippen LogP contribution is 2.74. The molecule has 1 aromatic carbocycles. The van der Waals surface area contributed by atoms with Gasteiger partial charge in [0.05, 0.1) is 42.5 Å². The van der Waals surface area contributed by atoms with Crippen molar-refractivity contribution in [3.8, 4) is 22.9 Å². The van der Waals surface area contributed by atoms with Gasteiger partial charge in [0, 0.05) is 53.9 Å². The maximum Gasteiger partial charge on any atom is 0.306 e. The number of thiazole rings is 1. The van der Waals surface area contributed by atoms with Gasteiger partial charge in [0.15, 0.2) is 10.9 Å². The van der Waals surface area contributed by atoms with E-state index in [0.29, 0.717) is 47.7 Å². The fraction of sp³-hybridized carbons (Fsp3) is 0.659. The summed E-state index contributed by atoms with van der Waals surface area (Å²) in [6.07, 6.45) is 10.5. The van der Waals surface area contributed by atoms with E-state index in [1.807, 2.05) is 36.6 Å². The Morgan fingerprint density at radius 3 is 2.50 bits per heavy atom. The Balaban J connectivity index is 1.21. The average Bonchev–Trinajstić information content (AvgIpc) is 3.60. The topological polar surface area (TPSA) is 157 Å². The number of benzene rings is 1. The van der Waals surface area contributed by atoms with E-state index in [9.17, 15) is 23.8 Å². The molecule has 2 saturated carbocycles.